The Morgan fingerprint density at radius 2 is 1.70 bits per heavy atom. The Balaban J connectivity index is 1.54. The maximum atomic E-state index is 12.9. The summed E-state index contributed by atoms with van der Waals surface area (Å²) in [5.41, 5.74) is 8.76. The first-order chi connectivity index (χ1) is 14.6. The van der Waals surface area contributed by atoms with Crippen molar-refractivity contribution in [2.45, 2.75) is 19.3 Å². The summed E-state index contributed by atoms with van der Waals surface area (Å²) in [6, 6.07) is 15.5. The summed E-state index contributed by atoms with van der Waals surface area (Å²) in [5.74, 6) is -0.470. The maximum absolute atomic E-state index is 12.9. The summed E-state index contributed by atoms with van der Waals surface area (Å²) in [7, 11) is 0. The second kappa shape index (κ2) is 8.45. The van der Waals surface area contributed by atoms with Gasteiger partial charge in [0, 0.05) is 37.9 Å². The molecule has 0 aliphatic carbocycles. The molecule has 1 unspecified atom stereocenters. The first kappa shape index (κ1) is 19.8. The minimum atomic E-state index is -0.772. The lowest BCUT2D eigenvalue weighted by Gasteiger charge is -2.41. The van der Waals surface area contributed by atoms with Gasteiger partial charge in [0.05, 0.1) is 11.0 Å². The predicted molar refractivity (Wildman–Crippen MR) is 114 cm³/mol. The van der Waals surface area contributed by atoms with E-state index < -0.39 is 5.41 Å². The minimum Gasteiger partial charge on any atom is -0.369 e. The molecule has 6 heteroatoms. The smallest absolute Gasteiger partial charge is 0.255 e. The highest BCUT2D eigenvalue weighted by molar-refractivity contribution is 5.94. The number of hydrogen-bond acceptors (Lipinski definition) is 4. The van der Waals surface area contributed by atoms with E-state index in [0.717, 1.165) is 23.1 Å². The molecule has 3 aromatic rings. The molecule has 4 rings (SSSR count). The van der Waals surface area contributed by atoms with Gasteiger partial charge in [-0.15, -0.1) is 0 Å². The van der Waals surface area contributed by atoms with Gasteiger partial charge < -0.3 is 10.6 Å². The normalized spacial score (nSPS) is 18.7. The van der Waals surface area contributed by atoms with Gasteiger partial charge in [-0.3, -0.25) is 19.6 Å². The number of pyridine rings is 2. The topological polar surface area (TPSA) is 89.2 Å². The molecule has 1 aliphatic rings. The van der Waals surface area contributed by atoms with Gasteiger partial charge in [-0.1, -0.05) is 30.3 Å². The van der Waals surface area contributed by atoms with Crippen LogP contribution in [0.2, 0.25) is 0 Å². The fourth-order valence-electron chi connectivity index (χ4n) is 4.15. The molecule has 3 heterocycles. The van der Waals surface area contributed by atoms with E-state index >= 15 is 0 Å². The number of likely N-dealkylation sites (tertiary alicyclic amines) is 1. The van der Waals surface area contributed by atoms with Crippen LogP contribution >= 0.6 is 0 Å². The Morgan fingerprint density at radius 3 is 2.33 bits per heavy atom. The Labute approximate surface area is 175 Å². The fourth-order valence-corrected chi connectivity index (χ4v) is 4.15. The number of rotatable bonds is 5. The summed E-state index contributed by atoms with van der Waals surface area (Å²) < 4.78 is 0. The first-order valence-corrected chi connectivity index (χ1v) is 10.1. The molecule has 0 bridgehead atoms. The number of carbonyl (C=O) groups is 2. The lowest BCUT2D eigenvalue weighted by Crippen LogP contribution is -2.53. The Kier molecular flexibility index (Phi) is 5.57. The SMILES string of the molecule is NC(=O)C1(Cc2ccc(-c3cccnc3)cc2)CCCN(C(=O)c2cccnc2)C1. The molecule has 0 radical (unpaired) electrons. The zero-order valence-corrected chi connectivity index (χ0v) is 16.7. The van der Waals surface area contributed by atoms with Crippen LogP contribution in [0, 0.1) is 5.41 Å². The third kappa shape index (κ3) is 4.08. The van der Waals surface area contributed by atoms with Crippen LogP contribution in [0.3, 0.4) is 0 Å². The second-order valence-electron chi connectivity index (χ2n) is 7.83. The lowest BCUT2D eigenvalue weighted by molar-refractivity contribution is -0.130. The van der Waals surface area contributed by atoms with Gasteiger partial charge in [0.25, 0.3) is 5.91 Å². The summed E-state index contributed by atoms with van der Waals surface area (Å²) in [5, 5.41) is 0. The van der Waals surface area contributed by atoms with Crippen LogP contribution in [0.25, 0.3) is 11.1 Å². The maximum Gasteiger partial charge on any atom is 0.255 e. The van der Waals surface area contributed by atoms with Crippen molar-refractivity contribution in [3.63, 3.8) is 0 Å². The first-order valence-electron chi connectivity index (χ1n) is 10.1. The van der Waals surface area contributed by atoms with E-state index in [4.69, 9.17) is 5.73 Å². The van der Waals surface area contributed by atoms with Gasteiger partial charge in [0.15, 0.2) is 0 Å². The number of carbonyl (C=O) groups excluding carboxylic acids is 2. The Morgan fingerprint density at radius 1 is 0.967 bits per heavy atom. The number of aromatic nitrogens is 2. The van der Waals surface area contributed by atoms with Crippen molar-refractivity contribution >= 4 is 11.8 Å². The van der Waals surface area contributed by atoms with Crippen LogP contribution in [0.4, 0.5) is 0 Å². The van der Waals surface area contributed by atoms with E-state index in [1.165, 1.54) is 0 Å². The molecule has 0 spiro atoms. The average molecular weight is 400 g/mol. The molecule has 1 saturated heterocycles. The molecule has 30 heavy (non-hydrogen) atoms. The number of primary amides is 1. The summed E-state index contributed by atoms with van der Waals surface area (Å²) in [6.45, 7) is 0.934. The van der Waals surface area contributed by atoms with Gasteiger partial charge in [0.2, 0.25) is 5.91 Å². The Hall–Kier alpha value is -3.54. The Bertz CT molecular complexity index is 1020. The highest BCUT2D eigenvalue weighted by atomic mass is 16.2. The highest BCUT2D eigenvalue weighted by Crippen LogP contribution is 2.34. The quantitative estimate of drug-likeness (QED) is 0.713. The van der Waals surface area contributed by atoms with E-state index in [1.54, 1.807) is 35.6 Å². The monoisotopic (exact) mass is 400 g/mol. The molecular weight excluding hydrogens is 376 g/mol. The third-order valence-electron chi connectivity index (χ3n) is 5.79. The largest absolute Gasteiger partial charge is 0.369 e. The molecule has 152 valence electrons. The van der Waals surface area contributed by atoms with Gasteiger partial charge in [0.1, 0.15) is 0 Å². The zero-order chi connectivity index (χ0) is 21.0. The molecule has 2 amide bonds. The van der Waals surface area contributed by atoms with Gasteiger partial charge >= 0.3 is 0 Å². The van der Waals surface area contributed by atoms with Crippen molar-refractivity contribution in [3.05, 3.63) is 84.4 Å². The number of amides is 2. The van der Waals surface area contributed by atoms with Gasteiger partial charge in [-0.25, -0.2) is 0 Å². The predicted octanol–water partition coefficient (Wildman–Crippen LogP) is 3.09. The van der Waals surface area contributed by atoms with E-state index in [1.807, 2.05) is 42.6 Å². The van der Waals surface area contributed by atoms with Crippen LogP contribution in [-0.2, 0) is 11.2 Å². The number of nitrogens with zero attached hydrogens (tertiary/aromatic N) is 3. The fraction of sp³-hybridized carbons (Fsp3) is 0.250. The minimum absolute atomic E-state index is 0.111. The van der Waals surface area contributed by atoms with Gasteiger partial charge in [-0.2, -0.15) is 0 Å². The molecule has 1 aromatic carbocycles. The van der Waals surface area contributed by atoms with Crippen molar-refractivity contribution in [2.24, 2.45) is 11.1 Å². The van der Waals surface area contributed by atoms with E-state index in [0.29, 0.717) is 31.5 Å². The van der Waals surface area contributed by atoms with Crippen molar-refractivity contribution in [2.75, 3.05) is 13.1 Å². The summed E-state index contributed by atoms with van der Waals surface area (Å²) >= 11 is 0. The van der Waals surface area contributed by atoms with Crippen molar-refractivity contribution in [3.8, 4) is 11.1 Å². The van der Waals surface area contributed by atoms with Crippen molar-refractivity contribution in [1.29, 1.82) is 0 Å². The summed E-state index contributed by atoms with van der Waals surface area (Å²) in [4.78, 5) is 35.3. The lowest BCUT2D eigenvalue weighted by atomic mass is 9.74. The van der Waals surface area contributed by atoms with E-state index in [9.17, 15) is 9.59 Å². The van der Waals surface area contributed by atoms with Crippen molar-refractivity contribution in [1.82, 2.24) is 14.9 Å². The van der Waals surface area contributed by atoms with Gasteiger partial charge in [-0.05, 0) is 54.2 Å². The van der Waals surface area contributed by atoms with Crippen LogP contribution < -0.4 is 5.73 Å². The molecule has 2 aromatic heterocycles. The number of benzene rings is 1. The average Bonchev–Trinajstić information content (AvgIpc) is 2.80. The molecule has 1 fully saturated rings. The van der Waals surface area contributed by atoms with E-state index in [-0.39, 0.29) is 11.8 Å². The molecule has 6 nitrogen and oxygen atoms in total. The number of hydrogen-bond donors (Lipinski definition) is 1. The van der Waals surface area contributed by atoms with Crippen LogP contribution in [0.15, 0.2) is 73.3 Å². The molecular formula is C24H24N4O2. The molecule has 1 atom stereocenters. The van der Waals surface area contributed by atoms with E-state index in [2.05, 4.69) is 9.97 Å². The van der Waals surface area contributed by atoms with Crippen LogP contribution in [-0.4, -0.2) is 39.8 Å². The number of piperidine rings is 1. The second-order valence-corrected chi connectivity index (χ2v) is 7.83. The molecule has 1 aliphatic heterocycles. The standard InChI is InChI=1S/C24H24N4O2/c25-23(30)24(10-3-13-28(17-24)22(29)21-5-2-12-27-16-21)14-18-6-8-19(9-7-18)20-4-1-11-26-15-20/h1-2,4-9,11-12,15-16H,3,10,13-14,17H2,(H2,25,30). The number of nitrogens with two attached hydrogens (primary N) is 1. The zero-order valence-electron chi connectivity index (χ0n) is 16.7. The summed E-state index contributed by atoms with van der Waals surface area (Å²) in [6.07, 6.45) is 8.67. The van der Waals surface area contributed by atoms with Crippen molar-refractivity contribution < 1.29 is 9.59 Å². The van der Waals surface area contributed by atoms with Crippen LogP contribution in [0.1, 0.15) is 28.8 Å². The molecule has 0 saturated carbocycles. The molecule has 2 N–H and O–H groups in total. The third-order valence-corrected chi connectivity index (χ3v) is 5.79. The highest BCUT2D eigenvalue weighted by Gasteiger charge is 2.42. The van der Waals surface area contributed by atoms with Crippen LogP contribution in [0.5, 0.6) is 0 Å².